The molecule has 4 atom stereocenters. The smallest absolute Gasteiger partial charge is 0.340 e. The molecule has 0 bridgehead atoms. The van der Waals surface area contributed by atoms with Gasteiger partial charge < -0.3 is 29.7 Å². The van der Waals surface area contributed by atoms with Crippen LogP contribution in [0.4, 0.5) is 5.69 Å². The predicted octanol–water partition coefficient (Wildman–Crippen LogP) is 3.74. The van der Waals surface area contributed by atoms with Crippen LogP contribution >= 0.6 is 0 Å². The molecule has 10 heteroatoms. The number of nitrogen functional groups attached to an aromatic ring is 1. The Labute approximate surface area is 223 Å². The molecule has 10 nitrogen and oxygen atoms in total. The van der Waals surface area contributed by atoms with Gasteiger partial charge in [0, 0.05) is 18.1 Å². The average Bonchev–Trinajstić information content (AvgIpc) is 3.61. The molecule has 0 unspecified atom stereocenters. The predicted molar refractivity (Wildman–Crippen MR) is 139 cm³/mol. The first kappa shape index (κ1) is 25.7. The Balaban J connectivity index is 1.44. The first-order valence-electron chi connectivity index (χ1n) is 12.2. The highest BCUT2D eigenvalue weighted by Crippen LogP contribution is 2.37. The van der Waals surface area contributed by atoms with Crippen molar-refractivity contribution in [3.63, 3.8) is 0 Å². The quantitative estimate of drug-likeness (QED) is 0.199. The molecule has 1 saturated heterocycles. The summed E-state index contributed by atoms with van der Waals surface area (Å²) in [6, 6.07) is 23.2. The van der Waals surface area contributed by atoms with Crippen LogP contribution in [0.25, 0.3) is 0 Å². The number of carbonyl (C=O) groups excluding carboxylic acids is 3. The number of anilines is 1. The van der Waals surface area contributed by atoms with Crippen LogP contribution in [-0.2, 0) is 18.9 Å². The van der Waals surface area contributed by atoms with Crippen molar-refractivity contribution < 1.29 is 33.3 Å². The van der Waals surface area contributed by atoms with Gasteiger partial charge in [0.15, 0.2) is 18.3 Å². The highest BCUT2D eigenvalue weighted by molar-refractivity contribution is 5.95. The summed E-state index contributed by atoms with van der Waals surface area (Å²) in [6.07, 6.45) is -1.13. The maximum Gasteiger partial charge on any atom is 0.340 e. The van der Waals surface area contributed by atoms with Gasteiger partial charge >= 0.3 is 17.9 Å². The van der Waals surface area contributed by atoms with Gasteiger partial charge in [-0.1, -0.05) is 48.5 Å². The highest BCUT2D eigenvalue weighted by Gasteiger charge is 2.52. The lowest BCUT2D eigenvalue weighted by molar-refractivity contribution is -0.0454. The SMILES string of the molecule is Nc1ccccc1C(=O)O[C@@H]1[C@H](OC(=O)c2ccccc2)[C@@H](COC(=O)c2ccccc2)O[C@H]1c1ncc[nH]1. The molecule has 39 heavy (non-hydrogen) atoms. The van der Waals surface area contributed by atoms with Crippen LogP contribution in [0.3, 0.4) is 0 Å². The number of nitrogens with one attached hydrogen (secondary N) is 1. The van der Waals surface area contributed by atoms with Crippen LogP contribution in [0.15, 0.2) is 97.3 Å². The molecule has 5 rings (SSSR count). The van der Waals surface area contributed by atoms with Crippen molar-refractivity contribution in [3.05, 3.63) is 120 Å². The molecule has 1 aliphatic rings. The number of aromatic nitrogens is 2. The van der Waals surface area contributed by atoms with Crippen molar-refractivity contribution in [2.45, 2.75) is 24.4 Å². The molecule has 0 spiro atoms. The monoisotopic (exact) mass is 527 g/mol. The molecule has 4 aromatic rings. The Morgan fingerprint density at radius 2 is 1.41 bits per heavy atom. The molecule has 0 radical (unpaired) electrons. The van der Waals surface area contributed by atoms with E-state index in [0.717, 1.165) is 0 Å². The lowest BCUT2D eigenvalue weighted by Gasteiger charge is -2.24. The van der Waals surface area contributed by atoms with Gasteiger partial charge in [-0.2, -0.15) is 0 Å². The summed E-state index contributed by atoms with van der Waals surface area (Å²) in [4.78, 5) is 46.1. The minimum Gasteiger partial charge on any atom is -0.459 e. The lowest BCUT2D eigenvalue weighted by atomic mass is 10.1. The van der Waals surface area contributed by atoms with Crippen LogP contribution in [0.2, 0.25) is 0 Å². The third-order valence-corrected chi connectivity index (χ3v) is 6.16. The number of hydrogen-bond donors (Lipinski definition) is 2. The number of nitrogens with two attached hydrogens (primary N) is 1. The van der Waals surface area contributed by atoms with E-state index < -0.39 is 42.3 Å². The van der Waals surface area contributed by atoms with Crippen molar-refractivity contribution in [2.75, 3.05) is 12.3 Å². The summed E-state index contributed by atoms with van der Waals surface area (Å²) in [5.74, 6) is -1.64. The summed E-state index contributed by atoms with van der Waals surface area (Å²) < 4.78 is 23.4. The number of esters is 3. The molecule has 3 aromatic carbocycles. The minimum absolute atomic E-state index is 0.141. The second-order valence-electron chi connectivity index (χ2n) is 8.73. The zero-order valence-electron chi connectivity index (χ0n) is 20.6. The molecule has 198 valence electrons. The summed E-state index contributed by atoms with van der Waals surface area (Å²) in [6.45, 7) is -0.279. The number of hydrogen-bond acceptors (Lipinski definition) is 9. The Hall–Kier alpha value is -4.96. The highest BCUT2D eigenvalue weighted by atomic mass is 16.6. The fourth-order valence-electron chi connectivity index (χ4n) is 4.24. The number of benzene rings is 3. The molecular formula is C29H25N3O7. The topological polar surface area (TPSA) is 143 Å². The molecule has 0 amide bonds. The van der Waals surface area contributed by atoms with Crippen LogP contribution in [0.1, 0.15) is 43.0 Å². The molecule has 1 fully saturated rings. The standard InChI is InChI=1S/C29H25N3O7/c30-21-14-8-7-13-20(21)29(35)39-24-23(38-28(34)19-11-5-2-6-12-19)22(37-25(24)26-31-15-16-32-26)17-36-27(33)18-9-3-1-4-10-18/h1-16,22-25H,17,30H2,(H,31,32)/t22-,23-,24-,25-/m1/s1. The maximum absolute atomic E-state index is 13.2. The van der Waals surface area contributed by atoms with Gasteiger partial charge in [-0.05, 0) is 36.4 Å². The molecule has 1 aliphatic heterocycles. The number of aromatic amines is 1. The molecular weight excluding hydrogens is 502 g/mol. The van der Waals surface area contributed by atoms with Crippen LogP contribution in [0, 0.1) is 0 Å². The van der Waals surface area contributed by atoms with E-state index in [0.29, 0.717) is 11.4 Å². The van der Waals surface area contributed by atoms with Crippen molar-refractivity contribution in [1.29, 1.82) is 0 Å². The Morgan fingerprint density at radius 1 is 0.795 bits per heavy atom. The molecule has 0 aliphatic carbocycles. The van der Waals surface area contributed by atoms with E-state index >= 15 is 0 Å². The fourth-order valence-corrected chi connectivity index (χ4v) is 4.24. The lowest BCUT2D eigenvalue weighted by Crippen LogP contribution is -2.41. The number of H-pyrrole nitrogens is 1. The van der Waals surface area contributed by atoms with Crippen molar-refractivity contribution in [3.8, 4) is 0 Å². The van der Waals surface area contributed by atoms with E-state index in [2.05, 4.69) is 9.97 Å². The number of ether oxygens (including phenoxy) is 4. The number of imidazole rings is 1. The fraction of sp³-hybridized carbons (Fsp3) is 0.172. The van der Waals surface area contributed by atoms with Crippen LogP contribution in [-0.4, -0.2) is 52.8 Å². The minimum atomic E-state index is -1.15. The zero-order valence-corrected chi connectivity index (χ0v) is 20.6. The largest absolute Gasteiger partial charge is 0.459 e. The molecule has 2 heterocycles. The molecule has 3 N–H and O–H groups in total. The van der Waals surface area contributed by atoms with Crippen molar-refractivity contribution in [2.24, 2.45) is 0 Å². The molecule has 1 aromatic heterocycles. The average molecular weight is 528 g/mol. The van der Waals surface area contributed by atoms with E-state index in [4.69, 9.17) is 24.7 Å². The van der Waals surface area contributed by atoms with Gasteiger partial charge in [-0.3, -0.25) is 0 Å². The zero-order chi connectivity index (χ0) is 27.2. The third kappa shape index (κ3) is 5.81. The Kier molecular flexibility index (Phi) is 7.65. The van der Waals surface area contributed by atoms with Crippen LogP contribution < -0.4 is 5.73 Å². The normalized spacial score (nSPS) is 20.2. The number of rotatable bonds is 8. The van der Waals surface area contributed by atoms with Gasteiger partial charge in [-0.15, -0.1) is 0 Å². The van der Waals surface area contributed by atoms with E-state index in [1.807, 2.05) is 0 Å². The van der Waals surface area contributed by atoms with Gasteiger partial charge in [0.1, 0.15) is 18.5 Å². The van der Waals surface area contributed by atoms with E-state index in [1.54, 1.807) is 85.1 Å². The summed E-state index contributed by atoms with van der Waals surface area (Å²) in [7, 11) is 0. The Bertz CT molecular complexity index is 1430. The molecule has 0 saturated carbocycles. The van der Waals surface area contributed by atoms with Crippen LogP contribution in [0.5, 0.6) is 0 Å². The van der Waals surface area contributed by atoms with Gasteiger partial charge in [0.25, 0.3) is 0 Å². The maximum atomic E-state index is 13.2. The third-order valence-electron chi connectivity index (χ3n) is 6.16. The van der Waals surface area contributed by atoms with Gasteiger partial charge in [0.05, 0.1) is 16.7 Å². The van der Waals surface area contributed by atoms with Gasteiger partial charge in [-0.25, -0.2) is 19.4 Å². The van der Waals surface area contributed by atoms with E-state index in [-0.39, 0.29) is 23.4 Å². The summed E-state index contributed by atoms with van der Waals surface area (Å²) in [5, 5.41) is 0. The van der Waals surface area contributed by atoms with E-state index in [1.165, 1.54) is 12.3 Å². The Morgan fingerprint density at radius 3 is 2.05 bits per heavy atom. The first-order chi connectivity index (χ1) is 19.0. The number of nitrogens with zero attached hydrogens (tertiary/aromatic N) is 1. The van der Waals surface area contributed by atoms with Gasteiger partial charge in [0.2, 0.25) is 0 Å². The summed E-state index contributed by atoms with van der Waals surface area (Å²) >= 11 is 0. The second-order valence-corrected chi connectivity index (χ2v) is 8.73. The van der Waals surface area contributed by atoms with E-state index in [9.17, 15) is 14.4 Å². The summed E-state index contributed by atoms with van der Waals surface area (Å²) in [5.41, 5.74) is 6.99. The number of carbonyl (C=O) groups is 3. The van der Waals surface area contributed by atoms with Crippen molar-refractivity contribution in [1.82, 2.24) is 9.97 Å². The first-order valence-corrected chi connectivity index (χ1v) is 12.2. The second kappa shape index (κ2) is 11.6. The van der Waals surface area contributed by atoms with Crippen molar-refractivity contribution >= 4 is 23.6 Å². The number of para-hydroxylation sites is 1.